The highest BCUT2D eigenvalue weighted by Gasteiger charge is 2.22. The summed E-state index contributed by atoms with van der Waals surface area (Å²) in [6.45, 7) is 0. The van der Waals surface area contributed by atoms with Gasteiger partial charge in [-0.1, -0.05) is 24.3 Å². The molecule has 0 unspecified atom stereocenters. The lowest BCUT2D eigenvalue weighted by Crippen LogP contribution is -2.23. The Bertz CT molecular complexity index is 615. The van der Waals surface area contributed by atoms with Gasteiger partial charge in [0, 0.05) is 27.2 Å². The molecule has 110 valence electrons. The highest BCUT2D eigenvalue weighted by molar-refractivity contribution is 5.45. The number of rotatable bonds is 4. The van der Waals surface area contributed by atoms with E-state index in [-0.39, 0.29) is 0 Å². The van der Waals surface area contributed by atoms with E-state index in [1.54, 1.807) is 0 Å². The standard InChI is InChI=1S/C15H20N6/c1-16-13-18-14(20-15(19-13)21(2)3)17-12-8-10-6-4-5-7-11(10)9-12/h4-7,12H,8-9H2,1-3H3,(H2,16,17,18,19,20). The van der Waals surface area contributed by atoms with Gasteiger partial charge in [-0.3, -0.25) is 0 Å². The zero-order chi connectivity index (χ0) is 14.8. The number of aromatic nitrogens is 3. The number of nitrogens with zero attached hydrogens (tertiary/aromatic N) is 4. The second-order valence-corrected chi connectivity index (χ2v) is 5.45. The molecule has 0 bridgehead atoms. The van der Waals surface area contributed by atoms with E-state index in [0.29, 0.717) is 23.9 Å². The summed E-state index contributed by atoms with van der Waals surface area (Å²) in [5, 5.41) is 6.40. The Morgan fingerprint density at radius 1 is 1.00 bits per heavy atom. The van der Waals surface area contributed by atoms with Gasteiger partial charge in [-0.15, -0.1) is 0 Å². The SMILES string of the molecule is CNc1nc(NC2Cc3ccccc3C2)nc(N(C)C)n1. The van der Waals surface area contributed by atoms with E-state index in [1.165, 1.54) is 11.1 Å². The molecule has 1 aromatic heterocycles. The molecule has 6 nitrogen and oxygen atoms in total. The van der Waals surface area contributed by atoms with Gasteiger partial charge in [0.05, 0.1) is 0 Å². The number of hydrogen-bond acceptors (Lipinski definition) is 6. The predicted molar refractivity (Wildman–Crippen MR) is 85.0 cm³/mol. The van der Waals surface area contributed by atoms with Gasteiger partial charge >= 0.3 is 0 Å². The Morgan fingerprint density at radius 3 is 2.19 bits per heavy atom. The Balaban J connectivity index is 1.78. The molecule has 2 N–H and O–H groups in total. The molecule has 0 aliphatic heterocycles. The topological polar surface area (TPSA) is 66.0 Å². The maximum Gasteiger partial charge on any atom is 0.231 e. The first-order chi connectivity index (χ1) is 10.2. The van der Waals surface area contributed by atoms with Crippen LogP contribution in [0.2, 0.25) is 0 Å². The average molecular weight is 284 g/mol. The van der Waals surface area contributed by atoms with Crippen LogP contribution in [0, 0.1) is 0 Å². The van der Waals surface area contributed by atoms with Gasteiger partial charge < -0.3 is 15.5 Å². The molecule has 1 aliphatic rings. The van der Waals surface area contributed by atoms with Crippen molar-refractivity contribution in [3.05, 3.63) is 35.4 Å². The molecule has 0 radical (unpaired) electrons. The minimum absolute atomic E-state index is 0.338. The third kappa shape index (κ3) is 2.89. The van der Waals surface area contributed by atoms with Crippen molar-refractivity contribution >= 4 is 17.8 Å². The normalized spacial score (nSPS) is 13.9. The van der Waals surface area contributed by atoms with Gasteiger partial charge in [-0.2, -0.15) is 15.0 Å². The molecule has 0 atom stereocenters. The second kappa shape index (κ2) is 5.55. The highest BCUT2D eigenvalue weighted by atomic mass is 15.3. The van der Waals surface area contributed by atoms with Gasteiger partial charge in [0.2, 0.25) is 17.8 Å². The average Bonchev–Trinajstić information content (AvgIpc) is 2.88. The zero-order valence-corrected chi connectivity index (χ0v) is 12.6. The monoisotopic (exact) mass is 284 g/mol. The molecule has 1 aromatic carbocycles. The first kappa shape index (κ1) is 13.6. The number of hydrogen-bond donors (Lipinski definition) is 2. The van der Waals surface area contributed by atoms with Crippen LogP contribution in [0.3, 0.4) is 0 Å². The molecular formula is C15H20N6. The summed E-state index contributed by atoms with van der Waals surface area (Å²) in [6, 6.07) is 8.90. The molecule has 0 fully saturated rings. The molecule has 1 aliphatic carbocycles. The van der Waals surface area contributed by atoms with Crippen molar-refractivity contribution in [2.75, 3.05) is 36.7 Å². The lowest BCUT2D eigenvalue weighted by atomic mass is 10.1. The van der Waals surface area contributed by atoms with Crippen LogP contribution in [0.25, 0.3) is 0 Å². The van der Waals surface area contributed by atoms with Gasteiger partial charge in [0.25, 0.3) is 0 Å². The third-order valence-electron chi connectivity index (χ3n) is 3.63. The molecule has 1 heterocycles. The molecule has 0 spiro atoms. The molecule has 2 aromatic rings. The molecular weight excluding hydrogens is 264 g/mol. The van der Waals surface area contributed by atoms with E-state index >= 15 is 0 Å². The third-order valence-corrected chi connectivity index (χ3v) is 3.63. The maximum absolute atomic E-state index is 4.46. The maximum atomic E-state index is 4.46. The Hall–Kier alpha value is -2.37. The van der Waals surface area contributed by atoms with Crippen LogP contribution in [-0.4, -0.2) is 42.1 Å². The van der Waals surface area contributed by atoms with Crippen LogP contribution in [0.15, 0.2) is 24.3 Å². The summed E-state index contributed by atoms with van der Waals surface area (Å²) in [6.07, 6.45) is 2.02. The summed E-state index contributed by atoms with van der Waals surface area (Å²) in [5.74, 6) is 1.84. The van der Waals surface area contributed by atoms with Gasteiger partial charge in [-0.25, -0.2) is 0 Å². The van der Waals surface area contributed by atoms with Crippen molar-refractivity contribution in [1.29, 1.82) is 0 Å². The quantitative estimate of drug-likeness (QED) is 0.888. The largest absolute Gasteiger partial charge is 0.357 e. The minimum atomic E-state index is 0.338. The lowest BCUT2D eigenvalue weighted by molar-refractivity contribution is 0.758. The number of benzene rings is 1. The molecule has 6 heteroatoms. The van der Waals surface area contributed by atoms with Crippen molar-refractivity contribution in [2.45, 2.75) is 18.9 Å². The van der Waals surface area contributed by atoms with Gasteiger partial charge in [0.15, 0.2) is 0 Å². The van der Waals surface area contributed by atoms with Crippen molar-refractivity contribution in [3.63, 3.8) is 0 Å². The summed E-state index contributed by atoms with van der Waals surface area (Å²) in [4.78, 5) is 15.0. The minimum Gasteiger partial charge on any atom is -0.357 e. The zero-order valence-electron chi connectivity index (χ0n) is 12.6. The molecule has 0 amide bonds. The van der Waals surface area contributed by atoms with Crippen molar-refractivity contribution in [1.82, 2.24) is 15.0 Å². The summed E-state index contributed by atoms with van der Waals surface area (Å²) in [7, 11) is 5.65. The van der Waals surface area contributed by atoms with E-state index in [4.69, 9.17) is 0 Å². The van der Waals surface area contributed by atoms with Crippen LogP contribution < -0.4 is 15.5 Å². The van der Waals surface area contributed by atoms with Crippen LogP contribution in [-0.2, 0) is 12.8 Å². The van der Waals surface area contributed by atoms with Crippen LogP contribution in [0.4, 0.5) is 17.8 Å². The van der Waals surface area contributed by atoms with E-state index in [2.05, 4.69) is 49.9 Å². The summed E-state index contributed by atoms with van der Waals surface area (Å²) >= 11 is 0. The second-order valence-electron chi connectivity index (χ2n) is 5.45. The Labute approximate surface area is 124 Å². The van der Waals surface area contributed by atoms with Gasteiger partial charge in [-0.05, 0) is 24.0 Å². The van der Waals surface area contributed by atoms with E-state index in [1.807, 2.05) is 26.0 Å². The predicted octanol–water partition coefficient (Wildman–Crippen LogP) is 1.56. The van der Waals surface area contributed by atoms with Crippen molar-refractivity contribution < 1.29 is 0 Å². The highest BCUT2D eigenvalue weighted by Crippen LogP contribution is 2.24. The smallest absolute Gasteiger partial charge is 0.231 e. The van der Waals surface area contributed by atoms with E-state index in [0.717, 1.165) is 12.8 Å². The molecule has 3 rings (SSSR count). The number of fused-ring (bicyclic) bond motifs is 1. The fourth-order valence-electron chi connectivity index (χ4n) is 2.58. The van der Waals surface area contributed by atoms with Crippen molar-refractivity contribution in [3.8, 4) is 0 Å². The van der Waals surface area contributed by atoms with Crippen LogP contribution >= 0.6 is 0 Å². The fraction of sp³-hybridized carbons (Fsp3) is 0.400. The Kier molecular flexibility index (Phi) is 3.60. The first-order valence-electron chi connectivity index (χ1n) is 7.10. The van der Waals surface area contributed by atoms with Crippen molar-refractivity contribution in [2.24, 2.45) is 0 Å². The van der Waals surface area contributed by atoms with Crippen LogP contribution in [0.1, 0.15) is 11.1 Å². The number of anilines is 3. The molecule has 0 saturated carbocycles. The van der Waals surface area contributed by atoms with E-state index in [9.17, 15) is 0 Å². The summed E-state index contributed by atoms with van der Waals surface area (Å²) < 4.78 is 0. The Morgan fingerprint density at radius 2 is 1.62 bits per heavy atom. The van der Waals surface area contributed by atoms with Crippen LogP contribution in [0.5, 0.6) is 0 Å². The van der Waals surface area contributed by atoms with Gasteiger partial charge in [0.1, 0.15) is 0 Å². The number of nitrogens with one attached hydrogen (secondary N) is 2. The molecule has 0 saturated heterocycles. The lowest BCUT2D eigenvalue weighted by Gasteiger charge is -2.16. The fourth-order valence-corrected chi connectivity index (χ4v) is 2.58. The summed E-state index contributed by atoms with van der Waals surface area (Å²) in [5.41, 5.74) is 2.82. The first-order valence-corrected chi connectivity index (χ1v) is 7.10. The molecule has 21 heavy (non-hydrogen) atoms. The van der Waals surface area contributed by atoms with E-state index < -0.39 is 0 Å².